The van der Waals surface area contributed by atoms with Gasteiger partial charge in [0.15, 0.2) is 0 Å². The molecule has 0 amide bonds. The molecule has 0 bridgehead atoms. The van der Waals surface area contributed by atoms with Gasteiger partial charge in [-0.1, -0.05) is 6.08 Å². The number of fused-ring (bicyclic) bond motifs is 1. The third-order valence-electron chi connectivity index (χ3n) is 3.34. The summed E-state index contributed by atoms with van der Waals surface area (Å²) in [4.78, 5) is 22.4. The van der Waals surface area contributed by atoms with E-state index in [9.17, 15) is 9.59 Å². The zero-order valence-electron chi connectivity index (χ0n) is 10.5. The summed E-state index contributed by atoms with van der Waals surface area (Å²) in [6.07, 6.45) is 4.25. The Labute approximate surface area is 105 Å². The number of rotatable bonds is 3. The maximum absolute atomic E-state index is 11.6. The van der Waals surface area contributed by atoms with Crippen LogP contribution in [0.1, 0.15) is 13.3 Å². The molecule has 0 saturated carbocycles. The molecule has 98 valence electrons. The Morgan fingerprint density at radius 3 is 2.89 bits per heavy atom. The van der Waals surface area contributed by atoms with Crippen LogP contribution in [0, 0.1) is 11.8 Å². The van der Waals surface area contributed by atoms with Crippen molar-refractivity contribution in [2.45, 2.75) is 13.3 Å². The van der Waals surface area contributed by atoms with Crippen molar-refractivity contribution in [1.29, 1.82) is 0 Å². The molecule has 0 spiro atoms. The minimum absolute atomic E-state index is 0.0803. The molecule has 2 unspecified atom stereocenters. The first-order valence-electron chi connectivity index (χ1n) is 5.85. The van der Waals surface area contributed by atoms with Crippen LogP contribution in [0.15, 0.2) is 23.5 Å². The Morgan fingerprint density at radius 2 is 2.22 bits per heavy atom. The van der Waals surface area contributed by atoms with Gasteiger partial charge in [-0.05, 0) is 12.0 Å². The number of allylic oxidation sites excluding steroid dienone is 1. The van der Waals surface area contributed by atoms with Crippen molar-refractivity contribution < 1.29 is 23.8 Å². The Bertz CT molecular complexity index is 421. The van der Waals surface area contributed by atoms with Crippen molar-refractivity contribution in [3.63, 3.8) is 0 Å². The Hall–Kier alpha value is -1.78. The summed E-state index contributed by atoms with van der Waals surface area (Å²) in [5, 5.41) is 0. The maximum atomic E-state index is 11.6. The van der Waals surface area contributed by atoms with Gasteiger partial charge in [0.1, 0.15) is 6.61 Å². The minimum atomic E-state index is -0.355. The summed E-state index contributed by atoms with van der Waals surface area (Å²) in [6, 6.07) is 0. The molecule has 18 heavy (non-hydrogen) atoms. The SMILES string of the molecule is COC(=O)C1=COCC2C(COC(C)=O)=CCC12. The lowest BCUT2D eigenvalue weighted by molar-refractivity contribution is -0.140. The van der Waals surface area contributed by atoms with Crippen LogP contribution >= 0.6 is 0 Å². The molecule has 2 aliphatic rings. The van der Waals surface area contributed by atoms with E-state index in [0.29, 0.717) is 12.2 Å². The number of methoxy groups -OCH3 is 1. The lowest BCUT2D eigenvalue weighted by Gasteiger charge is -2.27. The smallest absolute Gasteiger partial charge is 0.337 e. The molecule has 0 radical (unpaired) electrons. The molecule has 2 rings (SSSR count). The first-order valence-corrected chi connectivity index (χ1v) is 5.85. The molecule has 1 heterocycles. The van der Waals surface area contributed by atoms with Gasteiger partial charge in [0.2, 0.25) is 0 Å². The van der Waals surface area contributed by atoms with Crippen LogP contribution in [0.25, 0.3) is 0 Å². The van der Waals surface area contributed by atoms with E-state index < -0.39 is 0 Å². The van der Waals surface area contributed by atoms with Gasteiger partial charge in [-0.25, -0.2) is 4.79 Å². The van der Waals surface area contributed by atoms with Crippen LogP contribution in [0.2, 0.25) is 0 Å². The molecule has 1 aliphatic carbocycles. The second kappa shape index (κ2) is 5.25. The summed E-state index contributed by atoms with van der Waals surface area (Å²) in [5.74, 6) is -0.480. The Balaban J connectivity index is 2.05. The van der Waals surface area contributed by atoms with Gasteiger partial charge < -0.3 is 14.2 Å². The molecule has 5 heteroatoms. The molecule has 5 nitrogen and oxygen atoms in total. The molecule has 0 saturated heterocycles. The van der Waals surface area contributed by atoms with Gasteiger partial charge >= 0.3 is 11.9 Å². The number of hydrogen-bond donors (Lipinski definition) is 0. The average Bonchev–Trinajstić information content (AvgIpc) is 2.78. The lowest BCUT2D eigenvalue weighted by Crippen LogP contribution is -2.28. The first kappa shape index (κ1) is 12.7. The summed E-state index contributed by atoms with van der Waals surface area (Å²) in [5.41, 5.74) is 1.58. The van der Waals surface area contributed by atoms with Gasteiger partial charge in [-0.3, -0.25) is 4.79 Å². The lowest BCUT2D eigenvalue weighted by atomic mass is 9.85. The van der Waals surface area contributed by atoms with Gasteiger partial charge in [-0.15, -0.1) is 0 Å². The van der Waals surface area contributed by atoms with Gasteiger partial charge in [-0.2, -0.15) is 0 Å². The predicted octanol–water partition coefficient (Wildman–Crippen LogP) is 1.20. The number of ether oxygens (including phenoxy) is 3. The third kappa shape index (κ3) is 2.39. The fraction of sp³-hybridized carbons (Fsp3) is 0.538. The first-order chi connectivity index (χ1) is 8.63. The molecule has 0 N–H and O–H groups in total. The average molecular weight is 252 g/mol. The second-order valence-corrected chi connectivity index (χ2v) is 4.41. The highest BCUT2D eigenvalue weighted by atomic mass is 16.5. The van der Waals surface area contributed by atoms with E-state index in [-0.39, 0.29) is 30.4 Å². The standard InChI is InChI=1S/C13H16O5/c1-8(14)18-5-9-3-4-10-11(9)6-17-7-12(10)13(15)16-2/h3,7,10-11H,4-6H2,1-2H3. The topological polar surface area (TPSA) is 61.8 Å². The number of hydrogen-bond acceptors (Lipinski definition) is 5. The van der Waals surface area contributed by atoms with Crippen molar-refractivity contribution in [3.05, 3.63) is 23.5 Å². The van der Waals surface area contributed by atoms with Crippen molar-refractivity contribution in [3.8, 4) is 0 Å². The van der Waals surface area contributed by atoms with Crippen molar-refractivity contribution in [2.75, 3.05) is 20.3 Å². The van der Waals surface area contributed by atoms with E-state index in [0.717, 1.165) is 12.0 Å². The van der Waals surface area contributed by atoms with Crippen LogP contribution < -0.4 is 0 Å². The second-order valence-electron chi connectivity index (χ2n) is 4.41. The maximum Gasteiger partial charge on any atom is 0.337 e. The zero-order chi connectivity index (χ0) is 13.1. The van der Waals surface area contributed by atoms with Gasteiger partial charge in [0.05, 0.1) is 25.6 Å². The zero-order valence-corrected chi connectivity index (χ0v) is 10.5. The van der Waals surface area contributed by atoms with Crippen LogP contribution in [-0.4, -0.2) is 32.3 Å². The van der Waals surface area contributed by atoms with E-state index in [1.54, 1.807) is 0 Å². The van der Waals surface area contributed by atoms with E-state index in [1.165, 1.54) is 20.3 Å². The summed E-state index contributed by atoms with van der Waals surface area (Å²) >= 11 is 0. The minimum Gasteiger partial charge on any atom is -0.500 e. The summed E-state index contributed by atoms with van der Waals surface area (Å²) < 4.78 is 15.0. The molecule has 0 fully saturated rings. The monoisotopic (exact) mass is 252 g/mol. The summed E-state index contributed by atoms with van der Waals surface area (Å²) in [6.45, 7) is 2.16. The molecule has 0 aromatic heterocycles. The normalized spacial score (nSPS) is 25.4. The summed E-state index contributed by atoms with van der Waals surface area (Å²) in [7, 11) is 1.36. The van der Waals surface area contributed by atoms with E-state index >= 15 is 0 Å². The third-order valence-corrected chi connectivity index (χ3v) is 3.34. The van der Waals surface area contributed by atoms with Crippen molar-refractivity contribution in [1.82, 2.24) is 0 Å². The van der Waals surface area contributed by atoms with Gasteiger partial charge in [0, 0.05) is 18.8 Å². The van der Waals surface area contributed by atoms with Crippen molar-refractivity contribution in [2.24, 2.45) is 11.8 Å². The van der Waals surface area contributed by atoms with E-state index in [4.69, 9.17) is 14.2 Å². The Morgan fingerprint density at radius 1 is 1.44 bits per heavy atom. The molecule has 2 atom stereocenters. The molecule has 1 aliphatic heterocycles. The van der Waals surface area contributed by atoms with Crippen LogP contribution in [-0.2, 0) is 23.8 Å². The molecule has 0 aromatic carbocycles. The fourth-order valence-electron chi connectivity index (χ4n) is 2.42. The highest BCUT2D eigenvalue weighted by Gasteiger charge is 2.38. The molecular weight excluding hydrogens is 236 g/mol. The van der Waals surface area contributed by atoms with Crippen LogP contribution in [0.4, 0.5) is 0 Å². The highest BCUT2D eigenvalue weighted by molar-refractivity contribution is 5.89. The largest absolute Gasteiger partial charge is 0.500 e. The van der Waals surface area contributed by atoms with E-state index in [1.807, 2.05) is 6.08 Å². The predicted molar refractivity (Wildman–Crippen MR) is 62.4 cm³/mol. The van der Waals surface area contributed by atoms with E-state index in [2.05, 4.69) is 0 Å². The van der Waals surface area contributed by atoms with Crippen LogP contribution in [0.3, 0.4) is 0 Å². The van der Waals surface area contributed by atoms with Crippen molar-refractivity contribution >= 4 is 11.9 Å². The number of carbonyl (C=O) groups is 2. The quantitative estimate of drug-likeness (QED) is 0.558. The van der Waals surface area contributed by atoms with Crippen LogP contribution in [0.5, 0.6) is 0 Å². The highest BCUT2D eigenvalue weighted by Crippen LogP contribution is 2.40. The Kier molecular flexibility index (Phi) is 3.69. The molecular formula is C13H16O5. The number of carbonyl (C=O) groups excluding carboxylic acids is 2. The fourth-order valence-corrected chi connectivity index (χ4v) is 2.42. The number of esters is 2. The molecule has 0 aromatic rings. The van der Waals surface area contributed by atoms with Gasteiger partial charge in [0.25, 0.3) is 0 Å².